The number of carbonyl (C=O) groups excluding carboxylic acids is 2. The highest BCUT2D eigenvalue weighted by atomic mass is 32.1. The van der Waals surface area contributed by atoms with Crippen LogP contribution in [-0.4, -0.2) is 41.4 Å². The fourth-order valence-corrected chi connectivity index (χ4v) is 4.35. The summed E-state index contributed by atoms with van der Waals surface area (Å²) >= 11 is 1.57. The van der Waals surface area contributed by atoms with Crippen LogP contribution in [-0.2, 0) is 22.4 Å². The van der Waals surface area contributed by atoms with Gasteiger partial charge in [0.05, 0.1) is 17.1 Å². The number of benzene rings is 2. The predicted octanol–water partition coefficient (Wildman–Crippen LogP) is 3.92. The van der Waals surface area contributed by atoms with Gasteiger partial charge in [-0.05, 0) is 30.5 Å². The number of rotatable bonds is 8. The van der Waals surface area contributed by atoms with Gasteiger partial charge >= 0.3 is 0 Å². The van der Waals surface area contributed by atoms with Gasteiger partial charge in [-0.1, -0.05) is 36.4 Å². The molecule has 0 radical (unpaired) electrons. The van der Waals surface area contributed by atoms with Crippen LogP contribution < -0.4 is 10.1 Å². The van der Waals surface area contributed by atoms with E-state index in [0.717, 1.165) is 43.1 Å². The Morgan fingerprint density at radius 3 is 2.68 bits per heavy atom. The molecular weight excluding hydrogens is 410 g/mol. The third-order valence-electron chi connectivity index (χ3n) is 5.08. The first-order valence-electron chi connectivity index (χ1n) is 10.4. The first kappa shape index (κ1) is 21.1. The van der Waals surface area contributed by atoms with Crippen LogP contribution >= 0.6 is 11.3 Å². The molecule has 4 rings (SSSR count). The number of carbonyl (C=O) groups is 2. The molecule has 31 heavy (non-hydrogen) atoms. The molecule has 1 aliphatic heterocycles. The molecule has 2 heterocycles. The highest BCUT2D eigenvalue weighted by Gasteiger charge is 2.18. The van der Waals surface area contributed by atoms with Crippen LogP contribution in [0.4, 0.5) is 5.69 Å². The Bertz CT molecular complexity index is 1030. The van der Waals surface area contributed by atoms with E-state index >= 15 is 0 Å². The Balaban J connectivity index is 1.27. The monoisotopic (exact) mass is 435 g/mol. The Labute approximate surface area is 185 Å². The molecule has 0 spiro atoms. The maximum absolute atomic E-state index is 12.5. The minimum atomic E-state index is -0.137. The van der Waals surface area contributed by atoms with Crippen LogP contribution in [0, 0.1) is 0 Å². The summed E-state index contributed by atoms with van der Waals surface area (Å²) < 4.78 is 5.63. The average molecular weight is 436 g/mol. The molecular formula is C24H25N3O3S. The number of hydrogen-bond acceptors (Lipinski definition) is 5. The van der Waals surface area contributed by atoms with Crippen molar-refractivity contribution in [2.24, 2.45) is 0 Å². The number of likely N-dealkylation sites (tertiary alicyclic amines) is 1. The molecule has 1 fully saturated rings. The summed E-state index contributed by atoms with van der Waals surface area (Å²) in [6.07, 6.45) is 3.09. The minimum absolute atomic E-state index is 0.00165. The third kappa shape index (κ3) is 6.15. The van der Waals surface area contributed by atoms with Crippen LogP contribution in [0.5, 0.6) is 5.75 Å². The van der Waals surface area contributed by atoms with E-state index in [0.29, 0.717) is 11.4 Å². The Kier molecular flexibility index (Phi) is 6.94. The minimum Gasteiger partial charge on any atom is -0.484 e. The Morgan fingerprint density at radius 2 is 1.87 bits per heavy atom. The summed E-state index contributed by atoms with van der Waals surface area (Å²) in [4.78, 5) is 31.0. The molecule has 160 valence electrons. The topological polar surface area (TPSA) is 71.5 Å². The van der Waals surface area contributed by atoms with Crippen molar-refractivity contribution in [1.29, 1.82) is 0 Å². The molecule has 1 aromatic heterocycles. The molecule has 6 nitrogen and oxygen atoms in total. The van der Waals surface area contributed by atoms with E-state index < -0.39 is 0 Å². The van der Waals surface area contributed by atoms with Crippen molar-refractivity contribution in [3.63, 3.8) is 0 Å². The largest absolute Gasteiger partial charge is 0.484 e. The fourth-order valence-electron chi connectivity index (χ4n) is 3.52. The van der Waals surface area contributed by atoms with Crippen LogP contribution in [0.3, 0.4) is 0 Å². The van der Waals surface area contributed by atoms with Gasteiger partial charge in [-0.15, -0.1) is 11.3 Å². The van der Waals surface area contributed by atoms with Gasteiger partial charge in [0.25, 0.3) is 5.91 Å². The van der Waals surface area contributed by atoms with E-state index in [9.17, 15) is 9.59 Å². The molecule has 7 heteroatoms. The van der Waals surface area contributed by atoms with Gasteiger partial charge in [0.2, 0.25) is 5.91 Å². The van der Waals surface area contributed by atoms with Crippen LogP contribution in [0.15, 0.2) is 60.0 Å². The molecule has 1 N–H and O–H groups in total. The van der Waals surface area contributed by atoms with Gasteiger partial charge in [0.15, 0.2) is 6.61 Å². The lowest BCUT2D eigenvalue weighted by Gasteiger charge is -2.15. The SMILES string of the molecule is O=C(Cc1csc(Cc2ccccc2)n1)Nc1cccc(OCC(=O)N2CCCC2)c1. The van der Waals surface area contributed by atoms with Crippen molar-refractivity contribution < 1.29 is 14.3 Å². The lowest BCUT2D eigenvalue weighted by Crippen LogP contribution is -2.32. The number of amides is 2. The highest BCUT2D eigenvalue weighted by Crippen LogP contribution is 2.19. The number of nitrogens with zero attached hydrogens (tertiary/aromatic N) is 2. The zero-order valence-electron chi connectivity index (χ0n) is 17.3. The maximum Gasteiger partial charge on any atom is 0.260 e. The van der Waals surface area contributed by atoms with Gasteiger partial charge < -0.3 is 15.0 Å². The molecule has 3 aromatic rings. The predicted molar refractivity (Wildman–Crippen MR) is 121 cm³/mol. The second kappa shape index (κ2) is 10.2. The second-order valence-corrected chi connectivity index (χ2v) is 8.47. The van der Waals surface area contributed by atoms with Crippen molar-refractivity contribution in [2.75, 3.05) is 25.0 Å². The van der Waals surface area contributed by atoms with Crippen LogP contribution in [0.2, 0.25) is 0 Å². The van der Waals surface area contributed by atoms with Crippen LogP contribution in [0.1, 0.15) is 29.1 Å². The fraction of sp³-hybridized carbons (Fsp3) is 0.292. The van der Waals surface area contributed by atoms with E-state index in [-0.39, 0.29) is 24.8 Å². The number of aromatic nitrogens is 1. The summed E-state index contributed by atoms with van der Waals surface area (Å²) in [6, 6.07) is 17.3. The lowest BCUT2D eigenvalue weighted by molar-refractivity contribution is -0.132. The standard InChI is InChI=1S/C24H25N3O3S/c28-22(15-20-17-31-23(26-20)13-18-7-2-1-3-8-18)25-19-9-6-10-21(14-19)30-16-24(29)27-11-4-5-12-27/h1-3,6-10,14,17H,4-5,11-13,15-16H2,(H,25,28). The van der Waals surface area contributed by atoms with Crippen LogP contribution in [0.25, 0.3) is 0 Å². The summed E-state index contributed by atoms with van der Waals surface area (Å²) in [6.45, 7) is 1.63. The van der Waals surface area contributed by atoms with Crippen molar-refractivity contribution in [2.45, 2.75) is 25.7 Å². The molecule has 2 amide bonds. The van der Waals surface area contributed by atoms with E-state index in [1.54, 1.807) is 35.6 Å². The first-order valence-corrected chi connectivity index (χ1v) is 11.3. The normalized spacial score (nSPS) is 13.2. The molecule has 0 unspecified atom stereocenters. The number of thiazole rings is 1. The van der Waals surface area contributed by atoms with Crippen molar-refractivity contribution in [3.8, 4) is 5.75 Å². The summed E-state index contributed by atoms with van der Waals surface area (Å²) in [7, 11) is 0. The Morgan fingerprint density at radius 1 is 1.06 bits per heavy atom. The van der Waals surface area contributed by atoms with Crippen molar-refractivity contribution in [3.05, 3.63) is 76.2 Å². The smallest absolute Gasteiger partial charge is 0.260 e. The zero-order valence-corrected chi connectivity index (χ0v) is 18.1. The summed E-state index contributed by atoms with van der Waals surface area (Å²) in [5.41, 5.74) is 2.60. The third-order valence-corrected chi connectivity index (χ3v) is 5.98. The molecule has 0 saturated carbocycles. The van der Waals surface area contributed by atoms with Crippen molar-refractivity contribution >= 4 is 28.8 Å². The maximum atomic E-state index is 12.5. The van der Waals surface area contributed by atoms with Crippen molar-refractivity contribution in [1.82, 2.24) is 9.88 Å². The van der Waals surface area contributed by atoms with Gasteiger partial charge in [-0.3, -0.25) is 9.59 Å². The zero-order chi connectivity index (χ0) is 21.5. The van der Waals surface area contributed by atoms with E-state index in [1.165, 1.54) is 5.56 Å². The van der Waals surface area contributed by atoms with E-state index in [2.05, 4.69) is 22.4 Å². The van der Waals surface area contributed by atoms with E-state index in [1.807, 2.05) is 28.5 Å². The average Bonchev–Trinajstić information content (AvgIpc) is 3.45. The summed E-state index contributed by atoms with van der Waals surface area (Å²) in [5.74, 6) is 0.424. The molecule has 0 aliphatic carbocycles. The number of anilines is 1. The Hall–Kier alpha value is -3.19. The van der Waals surface area contributed by atoms with Gasteiger partial charge in [-0.25, -0.2) is 4.98 Å². The number of ether oxygens (including phenoxy) is 1. The highest BCUT2D eigenvalue weighted by molar-refractivity contribution is 7.09. The second-order valence-electron chi connectivity index (χ2n) is 7.52. The molecule has 1 saturated heterocycles. The molecule has 0 bridgehead atoms. The van der Waals surface area contributed by atoms with Gasteiger partial charge in [-0.2, -0.15) is 0 Å². The first-order chi connectivity index (χ1) is 15.2. The lowest BCUT2D eigenvalue weighted by atomic mass is 10.2. The number of hydrogen-bond donors (Lipinski definition) is 1. The quantitative estimate of drug-likeness (QED) is 0.582. The molecule has 2 aromatic carbocycles. The molecule has 1 aliphatic rings. The van der Waals surface area contributed by atoms with Gasteiger partial charge in [0, 0.05) is 36.6 Å². The summed E-state index contributed by atoms with van der Waals surface area (Å²) in [5, 5.41) is 5.81. The van der Waals surface area contributed by atoms with Gasteiger partial charge in [0.1, 0.15) is 5.75 Å². The molecule has 0 atom stereocenters. The van der Waals surface area contributed by atoms with E-state index in [4.69, 9.17) is 4.74 Å². The number of nitrogens with one attached hydrogen (secondary N) is 1.